The zero-order valence-corrected chi connectivity index (χ0v) is 12.2. The van der Waals surface area contributed by atoms with Crippen molar-refractivity contribution in [1.82, 2.24) is 20.4 Å². The van der Waals surface area contributed by atoms with E-state index in [9.17, 15) is 4.79 Å². The molecule has 1 unspecified atom stereocenters. The van der Waals surface area contributed by atoms with Crippen LogP contribution in [0.1, 0.15) is 26.2 Å². The van der Waals surface area contributed by atoms with E-state index in [1.54, 1.807) is 0 Å². The minimum atomic E-state index is 0.0631. The lowest BCUT2D eigenvalue weighted by atomic mass is 10.2. The Labute approximate surface area is 116 Å². The summed E-state index contributed by atoms with van der Waals surface area (Å²) in [5, 5.41) is 6.28. The van der Waals surface area contributed by atoms with Gasteiger partial charge in [0.2, 0.25) is 5.91 Å². The molecule has 0 saturated carbocycles. The van der Waals surface area contributed by atoms with Crippen LogP contribution in [-0.2, 0) is 4.79 Å². The second-order valence-corrected chi connectivity index (χ2v) is 5.57. The third-order valence-corrected chi connectivity index (χ3v) is 4.24. The predicted octanol–water partition coefficient (Wildman–Crippen LogP) is -0.118. The molecule has 0 spiro atoms. The van der Waals surface area contributed by atoms with E-state index in [-0.39, 0.29) is 11.9 Å². The number of carbonyl (C=O) groups excluding carboxylic acids is 1. The summed E-state index contributed by atoms with van der Waals surface area (Å²) in [5.41, 5.74) is 0. The number of rotatable bonds is 6. The first-order valence-electron chi connectivity index (χ1n) is 7.75. The third kappa shape index (κ3) is 4.75. The van der Waals surface area contributed by atoms with Crippen LogP contribution in [0.5, 0.6) is 0 Å². The van der Waals surface area contributed by atoms with Crippen molar-refractivity contribution >= 4 is 5.91 Å². The standard InChI is InChI=1S/C14H28N4O/c1-2-17-9-11-18(12-10-17)8-4-7-16-14(19)13-5-3-6-15-13/h13,15H,2-12H2,1H3,(H,16,19). The topological polar surface area (TPSA) is 47.6 Å². The van der Waals surface area contributed by atoms with E-state index in [1.165, 1.54) is 26.2 Å². The van der Waals surface area contributed by atoms with E-state index >= 15 is 0 Å². The number of amides is 1. The van der Waals surface area contributed by atoms with Crippen molar-refractivity contribution in [3.8, 4) is 0 Å². The van der Waals surface area contributed by atoms with E-state index in [2.05, 4.69) is 27.4 Å². The molecule has 0 aromatic heterocycles. The number of hydrogen-bond acceptors (Lipinski definition) is 4. The van der Waals surface area contributed by atoms with Gasteiger partial charge in [0.25, 0.3) is 0 Å². The maximum Gasteiger partial charge on any atom is 0.237 e. The molecule has 5 heteroatoms. The fraction of sp³-hybridized carbons (Fsp3) is 0.929. The van der Waals surface area contributed by atoms with Crippen LogP contribution in [0.3, 0.4) is 0 Å². The highest BCUT2D eigenvalue weighted by Crippen LogP contribution is 2.05. The molecular formula is C14H28N4O. The number of nitrogens with zero attached hydrogens (tertiary/aromatic N) is 2. The minimum Gasteiger partial charge on any atom is -0.355 e. The van der Waals surface area contributed by atoms with Crippen LogP contribution in [0, 0.1) is 0 Å². The van der Waals surface area contributed by atoms with Crippen molar-refractivity contribution in [2.45, 2.75) is 32.2 Å². The summed E-state index contributed by atoms with van der Waals surface area (Å²) in [4.78, 5) is 16.8. The summed E-state index contributed by atoms with van der Waals surface area (Å²) in [6, 6.07) is 0.0631. The van der Waals surface area contributed by atoms with Crippen LogP contribution in [0.15, 0.2) is 0 Å². The maximum absolute atomic E-state index is 11.8. The van der Waals surface area contributed by atoms with Crippen molar-refractivity contribution in [2.24, 2.45) is 0 Å². The van der Waals surface area contributed by atoms with Crippen molar-refractivity contribution in [3.05, 3.63) is 0 Å². The molecule has 0 aliphatic carbocycles. The zero-order valence-electron chi connectivity index (χ0n) is 12.2. The van der Waals surface area contributed by atoms with Crippen LogP contribution in [-0.4, -0.2) is 74.1 Å². The first-order chi connectivity index (χ1) is 9.29. The monoisotopic (exact) mass is 268 g/mol. The van der Waals surface area contributed by atoms with E-state index < -0.39 is 0 Å². The molecule has 0 aromatic carbocycles. The van der Waals surface area contributed by atoms with Gasteiger partial charge < -0.3 is 20.4 Å². The van der Waals surface area contributed by atoms with Crippen LogP contribution in [0.25, 0.3) is 0 Å². The Morgan fingerprint density at radius 2 is 2.00 bits per heavy atom. The average Bonchev–Trinajstić information content (AvgIpc) is 2.98. The number of likely N-dealkylation sites (N-methyl/N-ethyl adjacent to an activating group) is 1. The molecule has 2 heterocycles. The van der Waals surface area contributed by atoms with Gasteiger partial charge in [-0.05, 0) is 38.9 Å². The summed E-state index contributed by atoms with van der Waals surface area (Å²) in [6.07, 6.45) is 3.18. The van der Waals surface area contributed by atoms with Crippen molar-refractivity contribution in [3.63, 3.8) is 0 Å². The van der Waals surface area contributed by atoms with Crippen LogP contribution in [0.4, 0.5) is 0 Å². The van der Waals surface area contributed by atoms with Gasteiger partial charge in [-0.2, -0.15) is 0 Å². The van der Waals surface area contributed by atoms with Gasteiger partial charge in [0.15, 0.2) is 0 Å². The zero-order chi connectivity index (χ0) is 13.5. The van der Waals surface area contributed by atoms with Gasteiger partial charge in [-0.25, -0.2) is 0 Å². The van der Waals surface area contributed by atoms with Crippen LogP contribution < -0.4 is 10.6 Å². The Kier molecular flexibility index (Phi) is 6.07. The fourth-order valence-corrected chi connectivity index (χ4v) is 2.87. The fourth-order valence-electron chi connectivity index (χ4n) is 2.87. The van der Waals surface area contributed by atoms with E-state index in [1.807, 2.05) is 0 Å². The molecule has 2 saturated heterocycles. The summed E-state index contributed by atoms with van der Waals surface area (Å²) >= 11 is 0. The second-order valence-electron chi connectivity index (χ2n) is 5.57. The van der Waals surface area contributed by atoms with Crippen molar-refractivity contribution in [2.75, 3.05) is 52.4 Å². The van der Waals surface area contributed by atoms with E-state index in [0.29, 0.717) is 0 Å². The molecule has 1 atom stereocenters. The van der Waals surface area contributed by atoms with Gasteiger partial charge >= 0.3 is 0 Å². The molecule has 0 aromatic rings. The molecule has 2 fully saturated rings. The molecule has 2 N–H and O–H groups in total. The van der Waals surface area contributed by atoms with Crippen LogP contribution in [0.2, 0.25) is 0 Å². The SMILES string of the molecule is CCN1CCN(CCCNC(=O)C2CCCN2)CC1. The summed E-state index contributed by atoms with van der Waals surface area (Å²) in [7, 11) is 0. The molecular weight excluding hydrogens is 240 g/mol. The lowest BCUT2D eigenvalue weighted by Gasteiger charge is -2.34. The average molecular weight is 268 g/mol. The third-order valence-electron chi connectivity index (χ3n) is 4.24. The normalized spacial score (nSPS) is 25.6. The molecule has 5 nitrogen and oxygen atoms in total. The van der Waals surface area contributed by atoms with Crippen molar-refractivity contribution < 1.29 is 4.79 Å². The maximum atomic E-state index is 11.8. The van der Waals surface area contributed by atoms with Gasteiger partial charge in [0.1, 0.15) is 0 Å². The quantitative estimate of drug-likeness (QED) is 0.660. The predicted molar refractivity (Wildman–Crippen MR) is 77.2 cm³/mol. The first kappa shape index (κ1) is 14.8. The Balaban J connectivity index is 1.51. The first-order valence-corrected chi connectivity index (χ1v) is 7.75. The molecule has 110 valence electrons. The highest BCUT2D eigenvalue weighted by molar-refractivity contribution is 5.81. The smallest absolute Gasteiger partial charge is 0.237 e. The largest absolute Gasteiger partial charge is 0.355 e. The molecule has 2 aliphatic rings. The van der Waals surface area contributed by atoms with Crippen molar-refractivity contribution in [1.29, 1.82) is 0 Å². The molecule has 2 aliphatic heterocycles. The summed E-state index contributed by atoms with van der Waals surface area (Å²) in [5.74, 6) is 0.188. The van der Waals surface area contributed by atoms with Gasteiger partial charge in [-0.1, -0.05) is 6.92 Å². The Morgan fingerprint density at radius 3 is 2.63 bits per heavy atom. The van der Waals surface area contributed by atoms with Gasteiger partial charge in [0, 0.05) is 32.7 Å². The minimum absolute atomic E-state index is 0.0631. The number of nitrogens with one attached hydrogen (secondary N) is 2. The number of hydrogen-bond donors (Lipinski definition) is 2. The van der Waals surface area contributed by atoms with Gasteiger partial charge in [-0.15, -0.1) is 0 Å². The highest BCUT2D eigenvalue weighted by atomic mass is 16.2. The van der Waals surface area contributed by atoms with E-state index in [4.69, 9.17) is 0 Å². The number of carbonyl (C=O) groups is 1. The van der Waals surface area contributed by atoms with Gasteiger partial charge in [-0.3, -0.25) is 4.79 Å². The molecule has 2 rings (SSSR count). The second kappa shape index (κ2) is 7.82. The molecule has 0 bridgehead atoms. The lowest BCUT2D eigenvalue weighted by molar-refractivity contribution is -0.122. The van der Waals surface area contributed by atoms with E-state index in [0.717, 1.165) is 45.4 Å². The van der Waals surface area contributed by atoms with Crippen LogP contribution >= 0.6 is 0 Å². The Hall–Kier alpha value is -0.650. The Morgan fingerprint density at radius 1 is 1.26 bits per heavy atom. The number of piperazine rings is 1. The molecule has 1 amide bonds. The molecule has 0 radical (unpaired) electrons. The Bertz CT molecular complexity index is 271. The lowest BCUT2D eigenvalue weighted by Crippen LogP contribution is -2.47. The highest BCUT2D eigenvalue weighted by Gasteiger charge is 2.21. The van der Waals surface area contributed by atoms with Gasteiger partial charge in [0.05, 0.1) is 6.04 Å². The summed E-state index contributed by atoms with van der Waals surface area (Å²) in [6.45, 7) is 11.0. The summed E-state index contributed by atoms with van der Waals surface area (Å²) < 4.78 is 0. The molecule has 19 heavy (non-hydrogen) atoms.